The Bertz CT molecular complexity index is 2420. The van der Waals surface area contributed by atoms with Crippen molar-refractivity contribution in [1.82, 2.24) is 24.7 Å². The van der Waals surface area contributed by atoms with Crippen molar-refractivity contribution in [2.75, 3.05) is 6.54 Å². The number of Topliss-reactive ketones (excluding diaryl/α,β-unsaturated/α-hetero) is 1. The Balaban J connectivity index is 1.94. The predicted molar refractivity (Wildman–Crippen MR) is 194 cm³/mol. The third-order valence-corrected chi connectivity index (χ3v) is 10.5. The molecule has 0 unspecified atom stereocenters. The molecule has 1 aliphatic heterocycles. The van der Waals surface area contributed by atoms with Crippen LogP contribution in [0.3, 0.4) is 0 Å². The lowest BCUT2D eigenvalue weighted by molar-refractivity contribution is -0.138. The van der Waals surface area contributed by atoms with E-state index in [1.165, 1.54) is 0 Å². The molecule has 14 heteroatoms. The van der Waals surface area contributed by atoms with Crippen LogP contribution in [0.2, 0.25) is 0 Å². The molecule has 0 spiro atoms. The van der Waals surface area contributed by atoms with Gasteiger partial charge in [-0.1, -0.05) is 13.8 Å². The lowest BCUT2D eigenvalue weighted by Gasteiger charge is -2.09. The Hall–Kier alpha value is -4.92. The second-order valence-corrected chi connectivity index (χ2v) is 14.2. The fourth-order valence-corrected chi connectivity index (χ4v) is 7.56. The minimum Gasteiger partial charge on any atom is -0.481 e. The average molecular weight is 720 g/mol. The molecule has 8 bridgehead atoms. The molecule has 4 aromatic heterocycles. The monoisotopic (exact) mass is 719 g/mol. The minimum atomic E-state index is -4.51. The summed E-state index contributed by atoms with van der Waals surface area (Å²) in [7, 11) is -4.51. The van der Waals surface area contributed by atoms with Crippen LogP contribution in [0.5, 0.6) is 0 Å². The van der Waals surface area contributed by atoms with Crippen LogP contribution in [-0.4, -0.2) is 67.4 Å². The summed E-state index contributed by atoms with van der Waals surface area (Å²) in [5.41, 5.74) is 10.1. The zero-order valence-electron chi connectivity index (χ0n) is 29.7. The smallest absolute Gasteiger partial charge is 0.333 e. The summed E-state index contributed by atoms with van der Waals surface area (Å²) >= 11 is 0. The number of aromatic nitrogens is 4. The van der Waals surface area contributed by atoms with Crippen molar-refractivity contribution >= 4 is 51.8 Å². The third kappa shape index (κ3) is 7.72. The first kappa shape index (κ1) is 37.3. The van der Waals surface area contributed by atoms with E-state index in [1.807, 2.05) is 64.5 Å². The van der Waals surface area contributed by atoms with Crippen LogP contribution in [0.1, 0.15) is 100 Å². The second-order valence-electron chi connectivity index (χ2n) is 13.0. The van der Waals surface area contributed by atoms with Gasteiger partial charge in [-0.05, 0) is 116 Å². The van der Waals surface area contributed by atoms with Gasteiger partial charge in [0.2, 0.25) is 0 Å². The maximum Gasteiger partial charge on any atom is 0.333 e. The van der Waals surface area contributed by atoms with Crippen molar-refractivity contribution in [2.24, 2.45) is 0 Å². The molecule has 51 heavy (non-hydrogen) atoms. The SMILES string of the molecule is CCc1c2[nH]c(c1C)C(C(=O)CCNS(=O)(=O)O)=c1[nH]c(c(C)c1CC)=Cc1[nH]c(c(CCC(=O)O)c1C)C=c1[nH]c(c(C)c1CCC(=O)O)=C2. The van der Waals surface area contributed by atoms with Gasteiger partial charge in [-0.15, -0.1) is 0 Å². The van der Waals surface area contributed by atoms with Gasteiger partial charge < -0.3 is 30.1 Å². The second kappa shape index (κ2) is 14.7. The number of carboxylic acids is 2. The lowest BCUT2D eigenvalue weighted by atomic mass is 9.97. The number of hydrogen-bond acceptors (Lipinski definition) is 5. The van der Waals surface area contributed by atoms with Gasteiger partial charge in [0, 0.05) is 58.9 Å². The van der Waals surface area contributed by atoms with E-state index < -0.39 is 22.2 Å². The summed E-state index contributed by atoms with van der Waals surface area (Å²) in [5.74, 6) is -2.19. The largest absolute Gasteiger partial charge is 0.481 e. The number of carbonyl (C=O) groups excluding carboxylic acids is 1. The number of carboxylic acid groups (broad SMARTS) is 2. The van der Waals surface area contributed by atoms with E-state index >= 15 is 0 Å². The predicted octanol–water partition coefficient (Wildman–Crippen LogP) is 1.74. The number of aromatic amines is 4. The van der Waals surface area contributed by atoms with E-state index in [0.717, 1.165) is 66.6 Å². The Morgan fingerprint density at radius 3 is 1.80 bits per heavy atom. The summed E-state index contributed by atoms with van der Waals surface area (Å²) in [6.07, 6.45) is 7.19. The molecule has 0 radical (unpaired) electrons. The van der Waals surface area contributed by atoms with E-state index in [1.54, 1.807) is 0 Å². The van der Waals surface area contributed by atoms with Crippen LogP contribution < -0.4 is 26.1 Å². The van der Waals surface area contributed by atoms with Gasteiger partial charge >= 0.3 is 22.2 Å². The van der Waals surface area contributed by atoms with Crippen LogP contribution in [0.25, 0.3) is 23.8 Å². The fraction of sp³-hybridized carbons (Fsp3) is 0.378. The zero-order chi connectivity index (χ0) is 37.4. The number of carbonyl (C=O) groups is 3. The molecule has 13 nitrogen and oxygen atoms in total. The van der Waals surface area contributed by atoms with Crippen molar-refractivity contribution in [3.63, 3.8) is 0 Å². The molecule has 0 aliphatic carbocycles. The van der Waals surface area contributed by atoms with Crippen molar-refractivity contribution in [3.8, 4) is 0 Å². The quantitative estimate of drug-likeness (QED) is 0.0949. The highest BCUT2D eigenvalue weighted by molar-refractivity contribution is 7.83. The van der Waals surface area contributed by atoms with E-state index in [9.17, 15) is 37.6 Å². The highest BCUT2D eigenvalue weighted by Gasteiger charge is 2.24. The van der Waals surface area contributed by atoms with Crippen molar-refractivity contribution in [1.29, 1.82) is 0 Å². The molecule has 0 atom stereocenters. The first-order valence-corrected chi connectivity index (χ1v) is 18.4. The molecule has 8 N–H and O–H groups in total. The molecular formula is C37H45N5O8S. The average Bonchev–Trinajstić information content (AvgIpc) is 3.71. The third-order valence-electron chi connectivity index (χ3n) is 9.90. The Morgan fingerprint density at radius 2 is 1.20 bits per heavy atom. The van der Waals surface area contributed by atoms with Crippen molar-refractivity contribution < 1.29 is 37.6 Å². The van der Waals surface area contributed by atoms with E-state index in [4.69, 9.17) is 0 Å². The Morgan fingerprint density at radius 1 is 0.647 bits per heavy atom. The highest BCUT2D eigenvalue weighted by atomic mass is 32.2. The van der Waals surface area contributed by atoms with Gasteiger partial charge in [0.25, 0.3) is 0 Å². The minimum absolute atomic E-state index is 0.0829. The summed E-state index contributed by atoms with van der Waals surface area (Å²) in [5, 5.41) is 21.9. The molecule has 272 valence electrons. The molecule has 1 aliphatic rings. The van der Waals surface area contributed by atoms with Crippen LogP contribution in [0.4, 0.5) is 0 Å². The van der Waals surface area contributed by atoms with Gasteiger partial charge in [0.15, 0.2) is 5.78 Å². The van der Waals surface area contributed by atoms with Gasteiger partial charge in [0.05, 0.1) is 16.6 Å². The van der Waals surface area contributed by atoms with Gasteiger partial charge in [-0.3, -0.25) is 18.9 Å². The summed E-state index contributed by atoms with van der Waals surface area (Å²) in [6, 6.07) is 0. The molecule has 0 fully saturated rings. The Kier molecular flexibility index (Phi) is 10.8. The molecular weight excluding hydrogens is 675 g/mol. The normalized spacial score (nSPS) is 12.7. The number of rotatable bonds is 13. The number of nitrogens with one attached hydrogen (secondary N) is 5. The lowest BCUT2D eigenvalue weighted by Crippen LogP contribution is -2.28. The first-order chi connectivity index (χ1) is 24.0. The number of aliphatic carboxylic acids is 2. The maximum absolute atomic E-state index is 14.2. The maximum atomic E-state index is 14.2. The number of ketones is 1. The number of hydrogen-bond donors (Lipinski definition) is 8. The van der Waals surface area contributed by atoms with Crippen molar-refractivity contribution in [2.45, 2.75) is 86.5 Å². The molecule has 4 aromatic rings. The first-order valence-electron chi connectivity index (χ1n) is 17.0. The summed E-state index contributed by atoms with van der Waals surface area (Å²) < 4.78 is 34.1. The fourth-order valence-electron chi connectivity index (χ4n) is 7.20. The van der Waals surface area contributed by atoms with Gasteiger partial charge in [0.1, 0.15) is 0 Å². The van der Waals surface area contributed by atoms with Crippen LogP contribution in [0.15, 0.2) is 0 Å². The molecule has 5 heterocycles. The standard InChI is InChI=1S/C37H45N5O8S/c1-7-22-21(6)36-35(32(43)13-14-38-51(48,49)50)37-23(8-2)18(3)28(41-37)15-26-19(4)24(9-11-33(44)45)30(39-26)17-31-25(10-12-34(46)47)20(5)27(40-31)16-29(22)42-36/h15-17,38-42H,7-14H2,1-6H3,(H,44,45)(H,46,47)(H,48,49,50). The van der Waals surface area contributed by atoms with Crippen LogP contribution in [0, 0.1) is 27.7 Å². The van der Waals surface area contributed by atoms with Crippen LogP contribution >= 0.6 is 0 Å². The molecule has 0 saturated heterocycles. The zero-order valence-corrected chi connectivity index (χ0v) is 30.5. The van der Waals surface area contributed by atoms with Crippen LogP contribution in [-0.2, 0) is 50.4 Å². The van der Waals surface area contributed by atoms with E-state index in [2.05, 4.69) is 19.9 Å². The van der Waals surface area contributed by atoms with E-state index in [-0.39, 0.29) is 44.4 Å². The Labute approximate surface area is 295 Å². The van der Waals surface area contributed by atoms with E-state index in [0.29, 0.717) is 40.5 Å². The number of fused-ring (bicyclic) bond motifs is 8. The summed E-state index contributed by atoms with van der Waals surface area (Å²) in [6.45, 7) is 11.5. The highest BCUT2D eigenvalue weighted by Crippen LogP contribution is 2.27. The van der Waals surface area contributed by atoms with Crippen molar-refractivity contribution in [3.05, 3.63) is 88.7 Å². The number of H-pyrrole nitrogens is 4. The molecule has 0 aromatic carbocycles. The van der Waals surface area contributed by atoms with Gasteiger partial charge in [-0.25, -0.2) is 0 Å². The topological polar surface area (TPSA) is 221 Å². The van der Waals surface area contributed by atoms with Gasteiger partial charge in [-0.2, -0.15) is 13.1 Å². The molecule has 5 rings (SSSR count). The molecule has 0 saturated carbocycles. The summed E-state index contributed by atoms with van der Waals surface area (Å²) in [4.78, 5) is 51.6. The molecule has 0 amide bonds.